The van der Waals surface area contributed by atoms with Crippen molar-refractivity contribution in [2.24, 2.45) is 0 Å². The lowest BCUT2D eigenvalue weighted by atomic mass is 9.99. The Hall–Kier alpha value is -0.990. The molecule has 0 amide bonds. The van der Waals surface area contributed by atoms with Crippen molar-refractivity contribution in [2.45, 2.75) is 73.7 Å². The zero-order valence-electron chi connectivity index (χ0n) is 19.7. The summed E-state index contributed by atoms with van der Waals surface area (Å²) in [7, 11) is 1.32. The average molecular weight is 542 g/mol. The van der Waals surface area contributed by atoms with Crippen LogP contribution >= 0.6 is 11.8 Å². The van der Waals surface area contributed by atoms with Crippen LogP contribution in [0, 0.1) is 0 Å². The number of hydrogen-bond acceptors (Lipinski definition) is 15. The molecule has 0 unspecified atom stereocenters. The maximum absolute atomic E-state index is 10.1. The smallest absolute Gasteiger partial charge is 0.186 e. The van der Waals surface area contributed by atoms with E-state index >= 15 is 0 Å². The van der Waals surface area contributed by atoms with Gasteiger partial charge in [-0.2, -0.15) is 0 Å². The standard InChI is InChI=1S/C20H35N3O12S/c1-31-19-17(29)15(27)13(25)11(34-19)7-23-6-10(21-22-23)9-33-3-2-32-4-5-36-20-18(30)16(28)14(26)12(8-24)35-20/h6,11-20,24-30H,2-5,7-9H2,1H3/t11-,12-,13-,14+,15+,16+,17-,18-,19+,20+/m1/s1. The maximum atomic E-state index is 10.1. The predicted molar refractivity (Wildman–Crippen MR) is 120 cm³/mol. The van der Waals surface area contributed by atoms with Crippen molar-refractivity contribution in [3.8, 4) is 0 Å². The normalized spacial score (nSPS) is 37.3. The summed E-state index contributed by atoms with van der Waals surface area (Å²) in [6.07, 6.45) is -9.44. The van der Waals surface area contributed by atoms with Crippen LogP contribution in [0.3, 0.4) is 0 Å². The highest BCUT2D eigenvalue weighted by Crippen LogP contribution is 2.28. The van der Waals surface area contributed by atoms with Gasteiger partial charge in [0.1, 0.15) is 60.0 Å². The molecule has 0 aromatic carbocycles. The Morgan fingerprint density at radius 3 is 2.31 bits per heavy atom. The second kappa shape index (κ2) is 14.2. The lowest BCUT2D eigenvalue weighted by Crippen LogP contribution is -2.58. The maximum Gasteiger partial charge on any atom is 0.186 e. The van der Waals surface area contributed by atoms with Crippen molar-refractivity contribution in [1.82, 2.24) is 15.0 Å². The van der Waals surface area contributed by atoms with Crippen molar-refractivity contribution in [3.05, 3.63) is 11.9 Å². The topological polar surface area (TPSA) is 218 Å². The molecule has 2 aliphatic heterocycles. The molecule has 2 saturated heterocycles. The van der Waals surface area contributed by atoms with E-state index in [0.29, 0.717) is 24.7 Å². The number of rotatable bonds is 13. The molecule has 7 N–H and O–H groups in total. The van der Waals surface area contributed by atoms with Crippen LogP contribution in [-0.2, 0) is 36.8 Å². The van der Waals surface area contributed by atoms with Crippen LogP contribution in [-0.4, -0.2) is 151 Å². The quantitative estimate of drug-likeness (QED) is 0.118. The van der Waals surface area contributed by atoms with E-state index < -0.39 is 67.2 Å². The molecule has 0 radical (unpaired) electrons. The van der Waals surface area contributed by atoms with Crippen LogP contribution in [0.5, 0.6) is 0 Å². The number of methoxy groups -OCH3 is 1. The van der Waals surface area contributed by atoms with Crippen LogP contribution in [0.25, 0.3) is 0 Å². The Morgan fingerprint density at radius 2 is 1.58 bits per heavy atom. The summed E-state index contributed by atoms with van der Waals surface area (Å²) in [5.74, 6) is 0.446. The van der Waals surface area contributed by atoms with Crippen LogP contribution in [0.15, 0.2) is 6.20 Å². The molecule has 0 aliphatic carbocycles. The zero-order chi connectivity index (χ0) is 26.2. The molecule has 16 heteroatoms. The summed E-state index contributed by atoms with van der Waals surface area (Å²) in [6.45, 7) is 0.672. The average Bonchev–Trinajstić information content (AvgIpc) is 3.32. The number of ether oxygens (including phenoxy) is 5. The van der Waals surface area contributed by atoms with Gasteiger partial charge in [-0.1, -0.05) is 5.21 Å². The van der Waals surface area contributed by atoms with Crippen LogP contribution in [0.1, 0.15) is 5.69 Å². The minimum absolute atomic E-state index is 0.0764. The zero-order valence-corrected chi connectivity index (χ0v) is 20.5. The molecule has 2 fully saturated rings. The van der Waals surface area contributed by atoms with E-state index in [1.54, 1.807) is 6.20 Å². The van der Waals surface area contributed by atoms with Crippen molar-refractivity contribution in [1.29, 1.82) is 0 Å². The van der Waals surface area contributed by atoms with Gasteiger partial charge in [0.25, 0.3) is 0 Å². The summed E-state index contributed by atoms with van der Waals surface area (Å²) in [5.41, 5.74) is -0.265. The minimum Gasteiger partial charge on any atom is -0.394 e. The molecule has 15 nitrogen and oxygen atoms in total. The third-order valence-corrected chi connectivity index (χ3v) is 6.95. The molecule has 10 atom stereocenters. The lowest BCUT2D eigenvalue weighted by molar-refractivity contribution is -0.292. The number of hydrogen-bond donors (Lipinski definition) is 7. The Morgan fingerprint density at radius 1 is 0.889 bits per heavy atom. The molecule has 3 rings (SSSR count). The molecule has 208 valence electrons. The first-order chi connectivity index (χ1) is 17.3. The second-order valence-electron chi connectivity index (χ2n) is 8.42. The SMILES string of the molecule is CO[C@H]1O[C@H](Cn2cc(COCCOCCS[C@@H]3O[C@H](CO)[C@H](O)[C@H](O)[C@H]3O)nn2)[C@@H](O)[C@H](O)[C@H]1O. The summed E-state index contributed by atoms with van der Waals surface area (Å²) in [5, 5.41) is 76.6. The van der Waals surface area contributed by atoms with Crippen LogP contribution < -0.4 is 0 Å². The van der Waals surface area contributed by atoms with Crippen LogP contribution in [0.2, 0.25) is 0 Å². The van der Waals surface area contributed by atoms with E-state index in [4.69, 9.17) is 23.7 Å². The molecule has 36 heavy (non-hydrogen) atoms. The Kier molecular flexibility index (Phi) is 11.7. The molecule has 1 aromatic heterocycles. The molecular weight excluding hydrogens is 506 g/mol. The predicted octanol–water partition coefficient (Wildman–Crippen LogP) is -4.20. The fraction of sp³-hybridized carbons (Fsp3) is 0.900. The van der Waals surface area contributed by atoms with Gasteiger partial charge in [-0.3, -0.25) is 0 Å². The highest BCUT2D eigenvalue weighted by atomic mass is 32.2. The van der Waals surface area contributed by atoms with E-state index in [2.05, 4.69) is 10.3 Å². The number of aromatic nitrogens is 3. The highest BCUT2D eigenvalue weighted by molar-refractivity contribution is 7.99. The van der Waals surface area contributed by atoms with Gasteiger partial charge in [0.15, 0.2) is 6.29 Å². The summed E-state index contributed by atoms with van der Waals surface area (Å²) in [6, 6.07) is 0. The van der Waals surface area contributed by atoms with Gasteiger partial charge in [-0.25, -0.2) is 4.68 Å². The summed E-state index contributed by atoms with van der Waals surface area (Å²) < 4.78 is 28.3. The Bertz CT molecular complexity index is 774. The number of aliphatic hydroxyl groups excluding tert-OH is 7. The van der Waals surface area contributed by atoms with E-state index in [0.717, 1.165) is 0 Å². The van der Waals surface area contributed by atoms with Gasteiger partial charge >= 0.3 is 0 Å². The third kappa shape index (κ3) is 7.53. The largest absolute Gasteiger partial charge is 0.394 e. The summed E-state index contributed by atoms with van der Waals surface area (Å²) in [4.78, 5) is 0. The van der Waals surface area contributed by atoms with E-state index in [-0.39, 0.29) is 19.8 Å². The number of aliphatic hydroxyl groups is 7. The first kappa shape index (κ1) is 29.6. The first-order valence-corrected chi connectivity index (χ1v) is 12.5. The Balaban J connectivity index is 1.28. The second-order valence-corrected chi connectivity index (χ2v) is 9.62. The number of thioether (sulfide) groups is 1. The molecule has 0 spiro atoms. The Labute approximate surface area is 211 Å². The molecule has 3 heterocycles. The van der Waals surface area contributed by atoms with Gasteiger partial charge in [0, 0.05) is 12.9 Å². The van der Waals surface area contributed by atoms with Crippen molar-refractivity contribution in [2.75, 3.05) is 39.3 Å². The van der Waals surface area contributed by atoms with Crippen molar-refractivity contribution >= 4 is 11.8 Å². The minimum atomic E-state index is -1.42. The van der Waals surface area contributed by atoms with Gasteiger partial charge in [-0.15, -0.1) is 16.9 Å². The van der Waals surface area contributed by atoms with Gasteiger partial charge < -0.3 is 59.4 Å². The highest BCUT2D eigenvalue weighted by Gasteiger charge is 2.44. The van der Waals surface area contributed by atoms with E-state index in [1.165, 1.54) is 23.6 Å². The molecule has 1 aromatic rings. The van der Waals surface area contributed by atoms with Gasteiger partial charge in [0.2, 0.25) is 0 Å². The lowest BCUT2D eigenvalue weighted by Gasteiger charge is -2.39. The fourth-order valence-electron chi connectivity index (χ4n) is 3.77. The number of nitrogens with zero attached hydrogens (tertiary/aromatic N) is 3. The molecular formula is C20H35N3O12S. The van der Waals surface area contributed by atoms with E-state index in [9.17, 15) is 35.7 Å². The fourth-order valence-corrected chi connectivity index (χ4v) is 4.79. The van der Waals surface area contributed by atoms with Crippen molar-refractivity contribution < 1.29 is 59.4 Å². The van der Waals surface area contributed by atoms with Gasteiger partial charge in [-0.05, 0) is 0 Å². The van der Waals surface area contributed by atoms with Crippen LogP contribution in [0.4, 0.5) is 0 Å². The van der Waals surface area contributed by atoms with Crippen molar-refractivity contribution in [3.63, 3.8) is 0 Å². The molecule has 0 saturated carbocycles. The van der Waals surface area contributed by atoms with E-state index in [1.807, 2.05) is 0 Å². The monoisotopic (exact) mass is 541 g/mol. The summed E-state index contributed by atoms with van der Waals surface area (Å²) >= 11 is 1.20. The molecule has 0 bridgehead atoms. The third-order valence-electron chi connectivity index (χ3n) is 5.83. The first-order valence-electron chi connectivity index (χ1n) is 11.5. The van der Waals surface area contributed by atoms with Gasteiger partial charge in [0.05, 0.1) is 45.8 Å². The molecule has 2 aliphatic rings.